The molecule has 302 valence electrons. The van der Waals surface area contributed by atoms with Gasteiger partial charge in [-0.2, -0.15) is 5.10 Å². The molecule has 13 nitrogen and oxygen atoms in total. The van der Waals surface area contributed by atoms with Gasteiger partial charge in [-0.05, 0) is 67.3 Å². The van der Waals surface area contributed by atoms with Gasteiger partial charge in [-0.15, -0.1) is 0 Å². The Morgan fingerprint density at radius 1 is 0.965 bits per heavy atom. The lowest BCUT2D eigenvalue weighted by atomic mass is 10.1. The summed E-state index contributed by atoms with van der Waals surface area (Å²) in [6.07, 6.45) is 4.12. The van der Waals surface area contributed by atoms with E-state index in [4.69, 9.17) is 43.2 Å². The minimum atomic E-state index is -2.92. The molecule has 4 fully saturated rings. The Balaban J connectivity index is 1.16. The van der Waals surface area contributed by atoms with Crippen molar-refractivity contribution in [1.82, 2.24) is 19.7 Å². The molecule has 5 atom stereocenters. The van der Waals surface area contributed by atoms with Crippen LogP contribution in [-0.2, 0) is 28.1 Å². The van der Waals surface area contributed by atoms with Gasteiger partial charge in [-0.3, -0.25) is 4.90 Å². The van der Waals surface area contributed by atoms with Gasteiger partial charge in [-0.1, -0.05) is 100 Å². The number of hydrogen-bond acceptors (Lipinski definition) is 10. The number of anilines is 1. The van der Waals surface area contributed by atoms with Crippen molar-refractivity contribution in [3.63, 3.8) is 0 Å². The monoisotopic (exact) mass is 795 g/mol. The van der Waals surface area contributed by atoms with Crippen LogP contribution in [0.4, 0.5) is 10.6 Å². The molecule has 8 rings (SSSR count). The molecule has 1 aliphatic carbocycles. The van der Waals surface area contributed by atoms with Gasteiger partial charge in [0.2, 0.25) is 5.82 Å². The van der Waals surface area contributed by atoms with Crippen molar-refractivity contribution in [3.8, 4) is 11.8 Å². The van der Waals surface area contributed by atoms with Gasteiger partial charge in [-0.25, -0.2) is 19.4 Å². The van der Waals surface area contributed by atoms with Crippen molar-refractivity contribution >= 4 is 41.6 Å². The molecular weight excluding hydrogens is 743 g/mol. The number of hydrogen-bond donors (Lipinski definition) is 1. The Kier molecular flexibility index (Phi) is 11.3. The summed E-state index contributed by atoms with van der Waals surface area (Å²) >= 11 is 0. The third kappa shape index (κ3) is 7.86. The van der Waals surface area contributed by atoms with E-state index in [1.54, 1.807) is 10.9 Å². The fourth-order valence-corrected chi connectivity index (χ4v) is 13.5. The summed E-state index contributed by atoms with van der Waals surface area (Å²) < 4.78 is 40.6. The normalized spacial score (nSPS) is 25.0. The average molecular weight is 796 g/mol. The number of benzene rings is 2. The molecular formula is C43H53N5O8Si. The molecule has 1 saturated carbocycles. The van der Waals surface area contributed by atoms with Gasteiger partial charge in [0, 0.05) is 12.6 Å². The molecule has 1 N–H and O–H groups in total. The molecule has 4 aliphatic rings. The average Bonchev–Trinajstić information content (AvgIpc) is 3.99. The van der Waals surface area contributed by atoms with Gasteiger partial charge in [0.25, 0.3) is 8.32 Å². The fraction of sp³-hybridized carbons (Fsp3) is 0.535. The highest BCUT2D eigenvalue weighted by Gasteiger charge is 2.58. The van der Waals surface area contributed by atoms with Gasteiger partial charge in [0.15, 0.2) is 29.8 Å². The largest absolute Gasteiger partial charge is 0.465 e. The maximum Gasteiger partial charge on any atom is 0.413 e. The van der Waals surface area contributed by atoms with E-state index in [0.29, 0.717) is 17.6 Å². The number of amides is 1. The summed E-state index contributed by atoms with van der Waals surface area (Å²) in [5.41, 5.74) is 0.385. The number of carbonyl (C=O) groups is 1. The predicted molar refractivity (Wildman–Crippen MR) is 216 cm³/mol. The Hall–Kier alpha value is -4.20. The lowest BCUT2D eigenvalue weighted by Crippen LogP contribution is -2.67. The first-order valence-corrected chi connectivity index (χ1v) is 22.1. The number of aromatic nitrogens is 4. The van der Waals surface area contributed by atoms with Gasteiger partial charge in [0.1, 0.15) is 24.9 Å². The third-order valence-electron chi connectivity index (χ3n) is 11.5. The van der Waals surface area contributed by atoms with Crippen LogP contribution in [-0.4, -0.2) is 95.5 Å². The fourth-order valence-electron chi connectivity index (χ4n) is 8.97. The lowest BCUT2D eigenvalue weighted by molar-refractivity contribution is -0.200. The molecule has 3 saturated heterocycles. The van der Waals surface area contributed by atoms with E-state index >= 15 is 0 Å². The van der Waals surface area contributed by atoms with Crippen LogP contribution in [0.1, 0.15) is 91.6 Å². The zero-order valence-electron chi connectivity index (χ0n) is 33.4. The second-order valence-corrected chi connectivity index (χ2v) is 21.1. The second kappa shape index (κ2) is 16.2. The number of fused-ring (bicyclic) bond motifs is 2. The smallest absolute Gasteiger partial charge is 0.413 e. The van der Waals surface area contributed by atoms with E-state index in [9.17, 15) is 9.90 Å². The van der Waals surface area contributed by atoms with Crippen LogP contribution >= 0.6 is 0 Å². The van der Waals surface area contributed by atoms with Crippen molar-refractivity contribution in [2.45, 2.75) is 127 Å². The minimum Gasteiger partial charge on any atom is -0.465 e. The first-order chi connectivity index (χ1) is 27.4. The molecule has 0 spiro atoms. The molecule has 0 radical (unpaired) electrons. The standard InChI is InChI=1S/C43H53N5O8Si/c1-42(2,3)57(30-19-8-6-9-20-30,31-21-10-7-11-22-31)53-28-33-36-37(56-43(4,5)55-36)40(54-33)48-39-32(27-44-48)38(47(41(49)50)29-17-12-13-18-29)45-34(46-39)23-16-26-52-35-24-14-15-25-51-35/h6-11,19-22,27,29,33,35-37,40H,12-15,17-18,24-26,28H2,1-5H3,(H,49,50)/t33-,35?,36-,37-,40-/m1/s1. The highest BCUT2D eigenvalue weighted by molar-refractivity contribution is 6.99. The quantitative estimate of drug-likeness (QED) is 0.146. The molecule has 1 unspecified atom stereocenters. The zero-order chi connectivity index (χ0) is 39.8. The van der Waals surface area contributed by atoms with E-state index in [-0.39, 0.29) is 42.2 Å². The summed E-state index contributed by atoms with van der Waals surface area (Å²) in [4.78, 5) is 23.9. The van der Waals surface area contributed by atoms with Crippen molar-refractivity contribution < 1.29 is 38.0 Å². The molecule has 3 aliphatic heterocycles. The summed E-state index contributed by atoms with van der Waals surface area (Å²) in [5, 5.41) is 17.9. The first kappa shape index (κ1) is 39.6. The third-order valence-corrected chi connectivity index (χ3v) is 16.5. The van der Waals surface area contributed by atoms with E-state index in [1.807, 2.05) is 26.0 Å². The molecule has 2 aromatic heterocycles. The second-order valence-electron chi connectivity index (χ2n) is 16.8. The van der Waals surface area contributed by atoms with Crippen LogP contribution in [0.3, 0.4) is 0 Å². The first-order valence-electron chi connectivity index (χ1n) is 20.2. The van der Waals surface area contributed by atoms with E-state index in [1.165, 1.54) is 4.90 Å². The van der Waals surface area contributed by atoms with Gasteiger partial charge in [0.05, 0.1) is 18.2 Å². The summed E-state index contributed by atoms with van der Waals surface area (Å²) in [7, 11) is -2.92. The molecule has 2 aromatic carbocycles. The Morgan fingerprint density at radius 3 is 2.26 bits per heavy atom. The van der Waals surface area contributed by atoms with Crippen LogP contribution in [0.5, 0.6) is 0 Å². The Morgan fingerprint density at radius 2 is 1.63 bits per heavy atom. The summed E-state index contributed by atoms with van der Waals surface area (Å²) in [6.45, 7) is 11.5. The highest BCUT2D eigenvalue weighted by Crippen LogP contribution is 2.45. The summed E-state index contributed by atoms with van der Waals surface area (Å²) in [5.74, 6) is 5.55. The van der Waals surface area contributed by atoms with Gasteiger partial charge < -0.3 is 33.2 Å². The topological polar surface area (TPSA) is 140 Å². The van der Waals surface area contributed by atoms with Crippen molar-refractivity contribution in [2.24, 2.45) is 0 Å². The number of carboxylic acid groups (broad SMARTS) is 1. The van der Waals surface area contributed by atoms with Crippen molar-refractivity contribution in [3.05, 3.63) is 72.7 Å². The number of rotatable bonds is 10. The van der Waals surface area contributed by atoms with Crippen LogP contribution in [0.2, 0.25) is 5.04 Å². The van der Waals surface area contributed by atoms with E-state index < -0.39 is 44.7 Å². The minimum absolute atomic E-state index is 0.120. The molecule has 4 aromatic rings. The van der Waals surface area contributed by atoms with E-state index in [0.717, 1.165) is 55.3 Å². The maximum absolute atomic E-state index is 12.9. The SMILES string of the molecule is CC1(C)O[C@@H]2[C@H](O1)[C@@H](CO[Si](c1ccccc1)(c1ccccc1)C(C)(C)C)O[C@H]2n1ncc2c(N(C(=O)O)C3CCCC3)nc(C#CCOC3CCCCO3)nc21. The van der Waals surface area contributed by atoms with Crippen LogP contribution in [0.15, 0.2) is 66.9 Å². The molecule has 1 amide bonds. The number of ether oxygens (including phenoxy) is 5. The lowest BCUT2D eigenvalue weighted by Gasteiger charge is -2.43. The highest BCUT2D eigenvalue weighted by atomic mass is 28.4. The van der Waals surface area contributed by atoms with Crippen LogP contribution < -0.4 is 15.3 Å². The molecule has 5 heterocycles. The Labute approximate surface area is 335 Å². The van der Waals surface area contributed by atoms with Crippen LogP contribution in [0.25, 0.3) is 11.0 Å². The molecule has 57 heavy (non-hydrogen) atoms. The van der Waals surface area contributed by atoms with Crippen LogP contribution in [0, 0.1) is 11.8 Å². The maximum atomic E-state index is 12.9. The Bertz CT molecular complexity index is 2050. The molecule has 14 heteroatoms. The zero-order valence-corrected chi connectivity index (χ0v) is 34.4. The van der Waals surface area contributed by atoms with Gasteiger partial charge >= 0.3 is 6.09 Å². The van der Waals surface area contributed by atoms with Crippen molar-refractivity contribution in [1.29, 1.82) is 0 Å². The number of nitrogens with zero attached hydrogens (tertiary/aromatic N) is 5. The molecule has 0 bridgehead atoms. The summed E-state index contributed by atoms with van der Waals surface area (Å²) in [6, 6.07) is 20.8. The van der Waals surface area contributed by atoms with Crippen molar-refractivity contribution in [2.75, 3.05) is 24.7 Å². The van der Waals surface area contributed by atoms with E-state index in [2.05, 4.69) is 81.1 Å². The predicted octanol–water partition coefficient (Wildman–Crippen LogP) is 6.14.